The van der Waals surface area contributed by atoms with Gasteiger partial charge in [0.1, 0.15) is 6.61 Å². The van der Waals surface area contributed by atoms with Gasteiger partial charge >= 0.3 is 0 Å². The first-order chi connectivity index (χ1) is 9.08. The van der Waals surface area contributed by atoms with Crippen LogP contribution in [0.3, 0.4) is 0 Å². The second-order valence-electron chi connectivity index (χ2n) is 4.38. The number of rotatable bonds is 3. The molecule has 1 aliphatic heterocycles. The standard InChI is InChI=1S/C14H16N2O3/c1-10(17)16(2)13(18)9-11-3-5-12(6-4-11)14-15-7-8-19-14/h3-6H,7-9H2,1-2H3. The van der Waals surface area contributed by atoms with Crippen molar-refractivity contribution in [1.82, 2.24) is 4.90 Å². The summed E-state index contributed by atoms with van der Waals surface area (Å²) in [7, 11) is 1.49. The molecule has 0 fully saturated rings. The highest BCUT2D eigenvalue weighted by atomic mass is 16.5. The van der Waals surface area contributed by atoms with Crippen molar-refractivity contribution < 1.29 is 14.3 Å². The fourth-order valence-electron chi connectivity index (χ4n) is 1.74. The predicted molar refractivity (Wildman–Crippen MR) is 71.0 cm³/mol. The molecule has 0 radical (unpaired) electrons. The summed E-state index contributed by atoms with van der Waals surface area (Å²) in [6.45, 7) is 2.69. The van der Waals surface area contributed by atoms with Crippen LogP contribution < -0.4 is 0 Å². The number of carbonyl (C=O) groups is 2. The summed E-state index contributed by atoms with van der Waals surface area (Å²) in [6, 6.07) is 7.46. The lowest BCUT2D eigenvalue weighted by molar-refractivity contribution is -0.141. The maximum atomic E-state index is 11.8. The minimum atomic E-state index is -0.254. The van der Waals surface area contributed by atoms with Crippen LogP contribution in [-0.2, 0) is 20.7 Å². The summed E-state index contributed by atoms with van der Waals surface area (Å²) in [5.74, 6) is 0.184. The Labute approximate surface area is 111 Å². The molecule has 1 aliphatic rings. The molecule has 0 saturated carbocycles. The Hall–Kier alpha value is -2.17. The van der Waals surface area contributed by atoms with Gasteiger partial charge in [-0.05, 0) is 17.7 Å². The number of aliphatic imine (C=N–C) groups is 1. The van der Waals surface area contributed by atoms with Crippen LogP contribution in [0.1, 0.15) is 18.1 Å². The van der Waals surface area contributed by atoms with Crippen molar-refractivity contribution in [3.8, 4) is 0 Å². The predicted octanol–water partition coefficient (Wildman–Crippen LogP) is 1.01. The number of imide groups is 1. The monoisotopic (exact) mass is 260 g/mol. The Balaban J connectivity index is 2.02. The average molecular weight is 260 g/mol. The summed E-state index contributed by atoms with van der Waals surface area (Å²) < 4.78 is 5.36. The summed E-state index contributed by atoms with van der Waals surface area (Å²) >= 11 is 0. The van der Waals surface area contributed by atoms with Gasteiger partial charge in [0.2, 0.25) is 17.7 Å². The lowest BCUT2D eigenvalue weighted by Gasteiger charge is -2.12. The molecule has 2 rings (SSSR count). The fraction of sp³-hybridized carbons (Fsp3) is 0.357. The molecule has 0 aliphatic carbocycles. The molecule has 0 bridgehead atoms. The van der Waals surface area contributed by atoms with Crippen LogP contribution in [0.25, 0.3) is 0 Å². The number of likely N-dealkylation sites (N-methyl/N-ethyl adjacent to an activating group) is 1. The molecule has 0 spiro atoms. The SMILES string of the molecule is CC(=O)N(C)C(=O)Cc1ccc(C2=NCCO2)cc1. The highest BCUT2D eigenvalue weighted by Crippen LogP contribution is 2.10. The third-order valence-electron chi connectivity index (χ3n) is 2.99. The summed E-state index contributed by atoms with van der Waals surface area (Å²) in [4.78, 5) is 28.2. The summed E-state index contributed by atoms with van der Waals surface area (Å²) in [5, 5.41) is 0. The molecule has 19 heavy (non-hydrogen) atoms. The number of hydrogen-bond acceptors (Lipinski definition) is 4. The topological polar surface area (TPSA) is 59.0 Å². The molecular formula is C14H16N2O3. The smallest absolute Gasteiger partial charge is 0.233 e. The molecule has 0 saturated heterocycles. The lowest BCUT2D eigenvalue weighted by atomic mass is 10.1. The van der Waals surface area contributed by atoms with Gasteiger partial charge in [-0.3, -0.25) is 14.5 Å². The van der Waals surface area contributed by atoms with Crippen LogP contribution in [0.15, 0.2) is 29.3 Å². The van der Waals surface area contributed by atoms with Gasteiger partial charge in [0.15, 0.2) is 0 Å². The molecule has 0 N–H and O–H groups in total. The van der Waals surface area contributed by atoms with Gasteiger partial charge in [-0.25, -0.2) is 4.99 Å². The maximum absolute atomic E-state index is 11.8. The molecule has 5 nitrogen and oxygen atoms in total. The maximum Gasteiger partial charge on any atom is 0.233 e. The Kier molecular flexibility index (Phi) is 3.94. The van der Waals surface area contributed by atoms with Crippen LogP contribution in [0.5, 0.6) is 0 Å². The number of carbonyl (C=O) groups excluding carboxylic acids is 2. The van der Waals surface area contributed by atoms with E-state index in [9.17, 15) is 9.59 Å². The zero-order valence-electron chi connectivity index (χ0n) is 11.0. The van der Waals surface area contributed by atoms with Crippen LogP contribution in [-0.4, -0.2) is 42.8 Å². The highest BCUT2D eigenvalue weighted by molar-refractivity contribution is 5.96. The molecule has 2 amide bonds. The first-order valence-electron chi connectivity index (χ1n) is 6.11. The van der Waals surface area contributed by atoms with Gasteiger partial charge in [-0.15, -0.1) is 0 Å². The number of benzene rings is 1. The summed E-state index contributed by atoms with van der Waals surface area (Å²) in [6.07, 6.45) is 0.212. The van der Waals surface area contributed by atoms with Crippen molar-refractivity contribution >= 4 is 17.7 Å². The van der Waals surface area contributed by atoms with E-state index in [1.54, 1.807) is 0 Å². The second-order valence-corrected chi connectivity index (χ2v) is 4.38. The lowest BCUT2D eigenvalue weighted by Crippen LogP contribution is -2.32. The number of ether oxygens (including phenoxy) is 1. The van der Waals surface area contributed by atoms with Gasteiger partial charge < -0.3 is 4.74 Å². The van der Waals surface area contributed by atoms with Gasteiger partial charge in [0.25, 0.3) is 0 Å². The quantitative estimate of drug-likeness (QED) is 0.815. The van der Waals surface area contributed by atoms with Crippen molar-refractivity contribution in [2.45, 2.75) is 13.3 Å². The van der Waals surface area contributed by atoms with Crippen molar-refractivity contribution in [2.24, 2.45) is 4.99 Å². The molecule has 100 valence electrons. The number of amides is 2. The molecular weight excluding hydrogens is 244 g/mol. The van der Waals surface area contributed by atoms with Gasteiger partial charge in [-0.2, -0.15) is 0 Å². The Bertz CT molecular complexity index is 520. The van der Waals surface area contributed by atoms with Crippen LogP contribution in [0.4, 0.5) is 0 Å². The van der Waals surface area contributed by atoms with E-state index in [0.29, 0.717) is 19.0 Å². The normalized spacial score (nSPS) is 13.7. The van der Waals surface area contributed by atoms with Crippen LogP contribution >= 0.6 is 0 Å². The van der Waals surface area contributed by atoms with Crippen molar-refractivity contribution in [3.63, 3.8) is 0 Å². The van der Waals surface area contributed by atoms with Gasteiger partial charge in [-0.1, -0.05) is 12.1 Å². The van der Waals surface area contributed by atoms with E-state index in [4.69, 9.17) is 4.74 Å². The second kappa shape index (κ2) is 5.65. The molecule has 1 aromatic carbocycles. The van der Waals surface area contributed by atoms with Crippen LogP contribution in [0.2, 0.25) is 0 Å². The van der Waals surface area contributed by atoms with Crippen molar-refractivity contribution in [2.75, 3.05) is 20.2 Å². The fourth-order valence-corrected chi connectivity index (χ4v) is 1.74. The van der Waals surface area contributed by atoms with E-state index < -0.39 is 0 Å². The summed E-state index contributed by atoms with van der Waals surface area (Å²) in [5.41, 5.74) is 1.77. The highest BCUT2D eigenvalue weighted by Gasteiger charge is 2.14. The van der Waals surface area contributed by atoms with E-state index in [1.165, 1.54) is 14.0 Å². The van der Waals surface area contributed by atoms with E-state index in [1.807, 2.05) is 24.3 Å². The Morgan fingerprint density at radius 2 is 2.00 bits per heavy atom. The molecule has 1 heterocycles. The van der Waals surface area contributed by atoms with Crippen molar-refractivity contribution in [1.29, 1.82) is 0 Å². The molecule has 5 heteroatoms. The largest absolute Gasteiger partial charge is 0.476 e. The zero-order chi connectivity index (χ0) is 13.8. The Morgan fingerprint density at radius 1 is 1.32 bits per heavy atom. The van der Waals surface area contributed by atoms with Gasteiger partial charge in [0, 0.05) is 19.5 Å². The average Bonchev–Trinajstić information content (AvgIpc) is 2.92. The third kappa shape index (κ3) is 3.19. The molecule has 0 atom stereocenters. The minimum Gasteiger partial charge on any atom is -0.476 e. The van der Waals surface area contributed by atoms with Crippen LogP contribution in [0, 0.1) is 0 Å². The van der Waals surface area contributed by atoms with E-state index in [-0.39, 0.29) is 18.2 Å². The van der Waals surface area contributed by atoms with E-state index in [0.717, 1.165) is 16.0 Å². The first-order valence-corrected chi connectivity index (χ1v) is 6.11. The van der Waals surface area contributed by atoms with Gasteiger partial charge in [0.05, 0.1) is 13.0 Å². The first kappa shape index (κ1) is 13.3. The van der Waals surface area contributed by atoms with E-state index in [2.05, 4.69) is 4.99 Å². The van der Waals surface area contributed by atoms with Crippen molar-refractivity contribution in [3.05, 3.63) is 35.4 Å². The Morgan fingerprint density at radius 3 is 2.53 bits per heavy atom. The van der Waals surface area contributed by atoms with E-state index >= 15 is 0 Å². The number of nitrogens with zero attached hydrogens (tertiary/aromatic N) is 2. The molecule has 0 aromatic heterocycles. The number of hydrogen-bond donors (Lipinski definition) is 0. The third-order valence-corrected chi connectivity index (χ3v) is 2.99. The molecule has 1 aromatic rings. The molecule has 0 unspecified atom stereocenters. The minimum absolute atomic E-state index is 0.212. The zero-order valence-corrected chi connectivity index (χ0v) is 11.0.